The van der Waals surface area contributed by atoms with E-state index < -0.39 is 5.97 Å². The van der Waals surface area contributed by atoms with Gasteiger partial charge in [0, 0.05) is 4.90 Å². The number of rotatable bonds is 7. The highest BCUT2D eigenvalue weighted by molar-refractivity contribution is 8.04. The first-order chi connectivity index (χ1) is 8.69. The van der Waals surface area contributed by atoms with Gasteiger partial charge in [-0.1, -0.05) is 30.0 Å². The lowest BCUT2D eigenvalue weighted by atomic mass is 10.4. The van der Waals surface area contributed by atoms with Gasteiger partial charge in [-0.15, -0.1) is 0 Å². The summed E-state index contributed by atoms with van der Waals surface area (Å²) in [5, 5.41) is 9.22. The maximum atomic E-state index is 11.3. The second-order valence-electron chi connectivity index (χ2n) is 3.20. The maximum absolute atomic E-state index is 11.3. The molecule has 5 heteroatoms. The van der Waals surface area contributed by atoms with Gasteiger partial charge in [0.05, 0.1) is 13.2 Å². The minimum absolute atomic E-state index is 0.0601. The molecule has 4 nitrogen and oxygen atoms in total. The minimum atomic E-state index is -1.05. The first-order valence-electron chi connectivity index (χ1n) is 5.65. The molecule has 0 unspecified atom stereocenters. The third-order valence-corrected chi connectivity index (χ3v) is 2.95. The fraction of sp³-hybridized carbons (Fsp3) is 0.308. The number of hydrogen-bond donors (Lipinski definition) is 1. The fourth-order valence-corrected chi connectivity index (χ4v) is 2.03. The van der Waals surface area contributed by atoms with Crippen molar-refractivity contribution in [2.24, 2.45) is 0 Å². The molecule has 0 saturated heterocycles. The topological polar surface area (TPSA) is 55.8 Å². The molecule has 1 N–H and O–H groups in total. The van der Waals surface area contributed by atoms with Crippen LogP contribution in [0.3, 0.4) is 0 Å². The van der Waals surface area contributed by atoms with Crippen LogP contribution in [0.2, 0.25) is 0 Å². The Morgan fingerprint density at radius 3 is 2.17 bits per heavy atom. The third-order valence-electron chi connectivity index (χ3n) is 1.89. The van der Waals surface area contributed by atoms with E-state index in [0.717, 1.165) is 16.7 Å². The monoisotopic (exact) mass is 268 g/mol. The van der Waals surface area contributed by atoms with Crippen molar-refractivity contribution in [1.82, 2.24) is 0 Å². The fourth-order valence-electron chi connectivity index (χ4n) is 1.21. The molecular weight excluding hydrogens is 252 g/mol. The van der Waals surface area contributed by atoms with E-state index in [2.05, 4.69) is 0 Å². The number of carbonyl (C=O) groups is 1. The molecule has 0 fully saturated rings. The molecular formula is C13H16O4S. The summed E-state index contributed by atoms with van der Waals surface area (Å²) in [6.07, 6.45) is 0. The predicted octanol–water partition coefficient (Wildman–Crippen LogP) is 3.11. The van der Waals surface area contributed by atoms with Gasteiger partial charge in [-0.3, -0.25) is 0 Å². The molecule has 1 rings (SSSR count). The number of benzene rings is 1. The molecule has 98 valence electrons. The van der Waals surface area contributed by atoms with E-state index in [1.54, 1.807) is 13.8 Å². The number of aliphatic carboxylic acids is 1. The highest BCUT2D eigenvalue weighted by atomic mass is 32.2. The molecule has 0 aliphatic rings. The van der Waals surface area contributed by atoms with E-state index in [4.69, 9.17) is 9.47 Å². The highest BCUT2D eigenvalue weighted by Gasteiger charge is 2.19. The molecule has 0 aliphatic heterocycles. The summed E-state index contributed by atoms with van der Waals surface area (Å²) in [6, 6.07) is 9.25. The van der Waals surface area contributed by atoms with Gasteiger partial charge in [0.2, 0.25) is 0 Å². The summed E-state index contributed by atoms with van der Waals surface area (Å²) in [5.41, 5.74) is 0. The molecule has 0 aromatic heterocycles. The van der Waals surface area contributed by atoms with Gasteiger partial charge in [0.15, 0.2) is 4.91 Å². The van der Waals surface area contributed by atoms with Crippen LogP contribution in [0.5, 0.6) is 0 Å². The molecule has 1 aromatic rings. The first-order valence-corrected chi connectivity index (χ1v) is 6.46. The summed E-state index contributed by atoms with van der Waals surface area (Å²) < 4.78 is 10.5. The van der Waals surface area contributed by atoms with Crippen molar-refractivity contribution < 1.29 is 19.4 Å². The van der Waals surface area contributed by atoms with Gasteiger partial charge in [0.1, 0.15) is 0 Å². The van der Waals surface area contributed by atoms with Crippen LogP contribution in [-0.4, -0.2) is 24.3 Å². The van der Waals surface area contributed by atoms with Gasteiger partial charge in [0.25, 0.3) is 0 Å². The quantitative estimate of drug-likeness (QED) is 0.468. The van der Waals surface area contributed by atoms with E-state index in [1.165, 1.54) is 0 Å². The van der Waals surface area contributed by atoms with Crippen molar-refractivity contribution in [3.8, 4) is 0 Å². The molecule has 0 heterocycles. The molecule has 0 aliphatic carbocycles. The summed E-state index contributed by atoms with van der Waals surface area (Å²) in [5.74, 6) is -0.984. The summed E-state index contributed by atoms with van der Waals surface area (Å²) in [6.45, 7) is 4.29. The van der Waals surface area contributed by atoms with Crippen LogP contribution in [0, 0.1) is 0 Å². The van der Waals surface area contributed by atoms with Crippen molar-refractivity contribution in [3.05, 3.63) is 41.2 Å². The largest absolute Gasteiger partial charge is 0.477 e. The van der Waals surface area contributed by atoms with Crippen LogP contribution in [0.15, 0.2) is 46.1 Å². The minimum Gasteiger partial charge on any atom is -0.477 e. The molecule has 0 amide bonds. The van der Waals surface area contributed by atoms with Crippen molar-refractivity contribution in [3.63, 3.8) is 0 Å². The first kappa shape index (κ1) is 14.4. The van der Waals surface area contributed by atoms with Crippen LogP contribution in [0.25, 0.3) is 0 Å². The molecule has 1 aromatic carbocycles. The maximum Gasteiger partial charge on any atom is 0.349 e. The van der Waals surface area contributed by atoms with Crippen LogP contribution < -0.4 is 0 Å². The standard InChI is InChI=1S/C13H16O4S/c1-3-16-13(17-4-2)11(12(14)15)18-10-8-6-5-7-9-10/h5-9H,3-4H2,1-2H3,(H,14,15). The van der Waals surface area contributed by atoms with E-state index >= 15 is 0 Å². The van der Waals surface area contributed by atoms with E-state index in [0.29, 0.717) is 13.2 Å². The molecule has 0 spiro atoms. The van der Waals surface area contributed by atoms with Crippen LogP contribution >= 0.6 is 11.8 Å². The zero-order chi connectivity index (χ0) is 13.4. The van der Waals surface area contributed by atoms with Gasteiger partial charge in [-0.05, 0) is 26.0 Å². The average Bonchev–Trinajstić information content (AvgIpc) is 2.37. The molecule has 0 bridgehead atoms. The number of hydrogen-bond acceptors (Lipinski definition) is 4. The van der Waals surface area contributed by atoms with E-state index in [-0.39, 0.29) is 10.9 Å². The van der Waals surface area contributed by atoms with Crippen molar-refractivity contribution in [2.45, 2.75) is 18.7 Å². The lowest BCUT2D eigenvalue weighted by Gasteiger charge is -2.12. The van der Waals surface area contributed by atoms with Crippen molar-refractivity contribution in [2.75, 3.05) is 13.2 Å². The Labute approximate surface area is 111 Å². The van der Waals surface area contributed by atoms with Crippen molar-refractivity contribution >= 4 is 17.7 Å². The smallest absolute Gasteiger partial charge is 0.349 e. The highest BCUT2D eigenvalue weighted by Crippen LogP contribution is 2.29. The summed E-state index contributed by atoms with van der Waals surface area (Å²) >= 11 is 1.11. The zero-order valence-electron chi connectivity index (χ0n) is 10.4. The SMILES string of the molecule is CCOC(OCC)=C(Sc1ccccc1)C(=O)O. The van der Waals surface area contributed by atoms with E-state index in [9.17, 15) is 9.90 Å². The van der Waals surface area contributed by atoms with Crippen LogP contribution in [-0.2, 0) is 14.3 Å². The van der Waals surface area contributed by atoms with Gasteiger partial charge in [-0.2, -0.15) is 0 Å². The summed E-state index contributed by atoms with van der Waals surface area (Å²) in [4.78, 5) is 12.1. The van der Waals surface area contributed by atoms with Crippen molar-refractivity contribution in [1.29, 1.82) is 0 Å². The second-order valence-corrected chi connectivity index (χ2v) is 4.29. The number of carboxylic acids is 1. The van der Waals surface area contributed by atoms with Crippen LogP contribution in [0.1, 0.15) is 13.8 Å². The Hall–Kier alpha value is -1.62. The lowest BCUT2D eigenvalue weighted by Crippen LogP contribution is -2.07. The van der Waals surface area contributed by atoms with Gasteiger partial charge in [-0.25, -0.2) is 4.79 Å². The number of thioether (sulfide) groups is 1. The second kappa shape index (κ2) is 7.66. The third kappa shape index (κ3) is 4.33. The van der Waals surface area contributed by atoms with E-state index in [1.807, 2.05) is 30.3 Å². The molecule has 18 heavy (non-hydrogen) atoms. The molecule has 0 saturated carbocycles. The van der Waals surface area contributed by atoms with Gasteiger partial charge < -0.3 is 14.6 Å². The normalized spacial score (nSPS) is 9.67. The Morgan fingerprint density at radius 1 is 1.17 bits per heavy atom. The lowest BCUT2D eigenvalue weighted by molar-refractivity contribution is -0.132. The zero-order valence-corrected chi connectivity index (χ0v) is 11.2. The van der Waals surface area contributed by atoms with Crippen LogP contribution in [0.4, 0.5) is 0 Å². The Bertz CT molecular complexity index is 406. The van der Waals surface area contributed by atoms with Gasteiger partial charge >= 0.3 is 11.9 Å². The number of carboxylic acid groups (broad SMARTS) is 1. The predicted molar refractivity (Wildman–Crippen MR) is 70.2 cm³/mol. The molecule has 0 radical (unpaired) electrons. The summed E-state index contributed by atoms with van der Waals surface area (Å²) in [7, 11) is 0. The number of ether oxygens (including phenoxy) is 2. The molecule has 0 atom stereocenters. The Morgan fingerprint density at radius 2 is 1.72 bits per heavy atom. The Balaban J connectivity index is 2.99. The average molecular weight is 268 g/mol. The Kier molecular flexibility index (Phi) is 6.14.